The smallest absolute Gasteiger partial charge is 0.252 e. The number of carbonyl (C=O) groups excluding carboxylic acids is 3. The monoisotopic (exact) mass is 346 g/mol. The van der Waals surface area contributed by atoms with E-state index in [4.69, 9.17) is 5.73 Å². The van der Waals surface area contributed by atoms with Gasteiger partial charge in [0.2, 0.25) is 11.0 Å². The molecule has 24 heavy (non-hydrogen) atoms. The van der Waals surface area contributed by atoms with Crippen LogP contribution in [0.4, 0.5) is 4.39 Å². The van der Waals surface area contributed by atoms with Crippen LogP contribution in [0.2, 0.25) is 0 Å². The van der Waals surface area contributed by atoms with Crippen molar-refractivity contribution < 1.29 is 18.8 Å². The Bertz CT molecular complexity index is 780. The summed E-state index contributed by atoms with van der Waals surface area (Å²) in [6.45, 7) is 0.106. The van der Waals surface area contributed by atoms with Gasteiger partial charge in [-0.2, -0.15) is 0 Å². The zero-order valence-corrected chi connectivity index (χ0v) is 13.4. The fourth-order valence-corrected chi connectivity index (χ4v) is 2.81. The lowest BCUT2D eigenvalue weighted by Gasteiger charge is -2.09. The summed E-state index contributed by atoms with van der Waals surface area (Å²) in [5.74, 6) is -1.56. The molecule has 0 bridgehead atoms. The van der Waals surface area contributed by atoms with Crippen molar-refractivity contribution in [1.29, 1.82) is 0 Å². The Balaban J connectivity index is 2.14. The number of amides is 2. The van der Waals surface area contributed by atoms with Crippen molar-refractivity contribution in [2.45, 2.75) is 11.3 Å². The number of primary amides is 1. The lowest BCUT2D eigenvalue weighted by molar-refractivity contribution is -0.117. The maximum Gasteiger partial charge on any atom is 0.252 e. The van der Waals surface area contributed by atoms with Gasteiger partial charge in [-0.25, -0.2) is 4.39 Å². The van der Waals surface area contributed by atoms with E-state index >= 15 is 0 Å². The third kappa shape index (κ3) is 4.66. The Hall–Kier alpha value is -2.67. The van der Waals surface area contributed by atoms with Gasteiger partial charge in [-0.3, -0.25) is 14.4 Å². The normalized spacial score (nSPS) is 10.2. The first-order valence-electron chi connectivity index (χ1n) is 7.11. The molecule has 124 valence electrons. The quantitative estimate of drug-likeness (QED) is 0.786. The predicted molar refractivity (Wildman–Crippen MR) is 89.2 cm³/mol. The van der Waals surface area contributed by atoms with E-state index in [0.717, 1.165) is 11.8 Å². The summed E-state index contributed by atoms with van der Waals surface area (Å²) in [7, 11) is 0. The highest BCUT2D eigenvalue weighted by Gasteiger charge is 2.17. The number of nitrogens with two attached hydrogens (primary N) is 1. The number of benzene rings is 2. The van der Waals surface area contributed by atoms with Crippen LogP contribution in [0, 0.1) is 5.82 Å². The Kier molecular flexibility index (Phi) is 6.08. The van der Waals surface area contributed by atoms with Crippen LogP contribution < -0.4 is 11.1 Å². The van der Waals surface area contributed by atoms with Gasteiger partial charge in [0.15, 0.2) is 0 Å². The molecule has 2 amide bonds. The number of nitrogens with one attached hydrogen (secondary N) is 1. The largest absolute Gasteiger partial charge is 0.370 e. The minimum absolute atomic E-state index is 0.0230. The Morgan fingerprint density at radius 3 is 2.29 bits per heavy atom. The topological polar surface area (TPSA) is 89.3 Å². The number of hydrogen-bond acceptors (Lipinski definition) is 4. The van der Waals surface area contributed by atoms with E-state index in [1.54, 1.807) is 30.3 Å². The molecule has 5 nitrogen and oxygen atoms in total. The molecule has 0 atom stereocenters. The minimum atomic E-state index is -0.613. The molecule has 0 saturated carbocycles. The van der Waals surface area contributed by atoms with Crippen LogP contribution in [0.25, 0.3) is 0 Å². The lowest BCUT2D eigenvalue weighted by atomic mass is 10.2. The van der Waals surface area contributed by atoms with E-state index in [9.17, 15) is 18.8 Å². The molecule has 3 N–H and O–H groups in total. The van der Waals surface area contributed by atoms with E-state index in [1.165, 1.54) is 18.2 Å². The molecule has 2 rings (SSSR count). The zero-order chi connectivity index (χ0) is 17.5. The molecule has 0 aliphatic heterocycles. The fraction of sp³-hybridized carbons (Fsp3) is 0.118. The van der Waals surface area contributed by atoms with Crippen molar-refractivity contribution in [1.82, 2.24) is 5.32 Å². The van der Waals surface area contributed by atoms with Gasteiger partial charge >= 0.3 is 0 Å². The van der Waals surface area contributed by atoms with Crippen LogP contribution >= 0.6 is 11.8 Å². The van der Waals surface area contributed by atoms with Crippen molar-refractivity contribution in [3.8, 4) is 0 Å². The standard InChI is InChI=1S/C17H15FN2O3S/c18-13-7-3-1-5-11(13)17(23)24-14-8-4-2-6-12(14)16(22)20-10-9-15(19)21/h1-8H,9-10H2,(H2,19,21)(H,20,22). The van der Waals surface area contributed by atoms with Gasteiger partial charge in [-0.05, 0) is 36.0 Å². The first kappa shape index (κ1) is 17.7. The highest BCUT2D eigenvalue weighted by atomic mass is 32.2. The van der Waals surface area contributed by atoms with Crippen LogP contribution in [0.3, 0.4) is 0 Å². The molecule has 0 saturated heterocycles. The minimum Gasteiger partial charge on any atom is -0.370 e. The Labute approximate surface area is 142 Å². The third-order valence-corrected chi connectivity index (χ3v) is 4.07. The number of hydrogen-bond donors (Lipinski definition) is 2. The highest BCUT2D eigenvalue weighted by molar-refractivity contribution is 8.14. The third-order valence-electron chi connectivity index (χ3n) is 3.09. The molecule has 0 aromatic heterocycles. The van der Waals surface area contributed by atoms with Crippen LogP contribution in [0.5, 0.6) is 0 Å². The molecule has 7 heteroatoms. The lowest BCUT2D eigenvalue weighted by Crippen LogP contribution is -2.28. The van der Waals surface area contributed by atoms with E-state index in [-0.39, 0.29) is 24.1 Å². The summed E-state index contributed by atoms with van der Waals surface area (Å²) < 4.78 is 13.7. The van der Waals surface area contributed by atoms with E-state index in [0.29, 0.717) is 4.90 Å². The summed E-state index contributed by atoms with van der Waals surface area (Å²) in [5.41, 5.74) is 5.24. The van der Waals surface area contributed by atoms with E-state index in [2.05, 4.69) is 5.32 Å². The maximum absolute atomic E-state index is 13.7. The first-order valence-corrected chi connectivity index (χ1v) is 7.93. The Morgan fingerprint density at radius 2 is 1.62 bits per heavy atom. The van der Waals surface area contributed by atoms with Crippen LogP contribution in [-0.4, -0.2) is 23.5 Å². The molecular weight excluding hydrogens is 331 g/mol. The molecule has 0 aliphatic carbocycles. The van der Waals surface area contributed by atoms with Gasteiger partial charge < -0.3 is 11.1 Å². The molecule has 0 radical (unpaired) electrons. The Morgan fingerprint density at radius 1 is 1.00 bits per heavy atom. The molecule has 2 aromatic carbocycles. The number of carbonyl (C=O) groups is 3. The van der Waals surface area contributed by atoms with Crippen LogP contribution in [0.15, 0.2) is 53.4 Å². The van der Waals surface area contributed by atoms with Gasteiger partial charge in [0, 0.05) is 17.9 Å². The highest BCUT2D eigenvalue weighted by Crippen LogP contribution is 2.27. The van der Waals surface area contributed by atoms with Crippen molar-refractivity contribution >= 4 is 28.7 Å². The maximum atomic E-state index is 13.7. The SMILES string of the molecule is NC(=O)CCNC(=O)c1ccccc1SC(=O)c1ccccc1F. The fourth-order valence-electron chi connectivity index (χ4n) is 1.92. The molecule has 0 unspecified atom stereocenters. The number of halogens is 1. The summed E-state index contributed by atoms with van der Waals surface area (Å²) in [5, 5.41) is 2.06. The van der Waals surface area contributed by atoms with Crippen molar-refractivity contribution in [2.24, 2.45) is 5.73 Å². The van der Waals surface area contributed by atoms with Crippen LogP contribution in [-0.2, 0) is 4.79 Å². The average molecular weight is 346 g/mol. The molecule has 0 aliphatic rings. The van der Waals surface area contributed by atoms with Gasteiger partial charge in [-0.1, -0.05) is 24.3 Å². The number of rotatable bonds is 6. The molecule has 2 aromatic rings. The van der Waals surface area contributed by atoms with Gasteiger partial charge in [0.1, 0.15) is 5.82 Å². The van der Waals surface area contributed by atoms with Crippen molar-refractivity contribution in [2.75, 3.05) is 6.54 Å². The molecule has 0 fully saturated rings. The zero-order valence-electron chi connectivity index (χ0n) is 12.6. The van der Waals surface area contributed by atoms with E-state index in [1.807, 2.05) is 0 Å². The second-order valence-corrected chi connectivity index (χ2v) is 5.85. The van der Waals surface area contributed by atoms with Crippen molar-refractivity contribution in [3.63, 3.8) is 0 Å². The summed E-state index contributed by atoms with van der Waals surface area (Å²) in [4.78, 5) is 35.5. The average Bonchev–Trinajstić information content (AvgIpc) is 2.55. The van der Waals surface area contributed by atoms with Crippen molar-refractivity contribution in [3.05, 3.63) is 65.5 Å². The second-order valence-electron chi connectivity index (χ2n) is 4.84. The van der Waals surface area contributed by atoms with Crippen LogP contribution in [0.1, 0.15) is 27.1 Å². The number of thioether (sulfide) groups is 1. The molecule has 0 heterocycles. The second kappa shape index (κ2) is 8.26. The molecule has 0 spiro atoms. The first-order chi connectivity index (χ1) is 11.5. The molecular formula is C17H15FN2O3S. The summed E-state index contributed by atoms with van der Waals surface area (Å²) >= 11 is 0.774. The van der Waals surface area contributed by atoms with Gasteiger partial charge in [0.25, 0.3) is 5.91 Å². The summed E-state index contributed by atoms with van der Waals surface area (Å²) in [6, 6.07) is 12.1. The van der Waals surface area contributed by atoms with Gasteiger partial charge in [0.05, 0.1) is 11.1 Å². The predicted octanol–water partition coefficient (Wildman–Crippen LogP) is 2.36. The van der Waals surface area contributed by atoms with E-state index < -0.39 is 22.7 Å². The summed E-state index contributed by atoms with van der Waals surface area (Å²) in [6.07, 6.45) is 0.0230. The van der Waals surface area contributed by atoms with Gasteiger partial charge in [-0.15, -0.1) is 0 Å².